The zero-order valence-corrected chi connectivity index (χ0v) is 8.14. The maximum absolute atomic E-state index is 4.21. The molecule has 3 heteroatoms. The van der Waals surface area contributed by atoms with Crippen LogP contribution in [0.1, 0.15) is 24.4 Å². The SMILES string of the molecule is Cc1ncc(CC2CCCNC2)[nH]1. The summed E-state index contributed by atoms with van der Waals surface area (Å²) < 4.78 is 0. The highest BCUT2D eigenvalue weighted by atomic mass is 14.9. The Morgan fingerprint density at radius 3 is 3.15 bits per heavy atom. The van der Waals surface area contributed by atoms with E-state index in [0.29, 0.717) is 0 Å². The summed E-state index contributed by atoms with van der Waals surface area (Å²) in [6.07, 6.45) is 5.78. The Bertz CT molecular complexity index is 261. The second-order valence-corrected chi connectivity index (χ2v) is 3.91. The van der Waals surface area contributed by atoms with Crippen LogP contribution in [0.4, 0.5) is 0 Å². The van der Waals surface area contributed by atoms with E-state index in [9.17, 15) is 0 Å². The average Bonchev–Trinajstić information content (AvgIpc) is 2.53. The third-order valence-electron chi connectivity index (χ3n) is 2.66. The molecule has 2 heterocycles. The number of H-pyrrole nitrogens is 1. The van der Waals surface area contributed by atoms with Crippen LogP contribution in [-0.4, -0.2) is 23.1 Å². The van der Waals surface area contributed by atoms with E-state index in [1.165, 1.54) is 25.1 Å². The van der Waals surface area contributed by atoms with Crippen LogP contribution in [0.15, 0.2) is 6.20 Å². The Labute approximate surface area is 79.0 Å². The standard InChI is InChI=1S/C10H17N3/c1-8-12-7-10(13-8)5-9-3-2-4-11-6-9/h7,9,11H,2-6H2,1H3,(H,12,13). The lowest BCUT2D eigenvalue weighted by atomic mass is 9.95. The molecule has 1 aromatic rings. The number of aromatic nitrogens is 2. The van der Waals surface area contributed by atoms with Gasteiger partial charge in [0, 0.05) is 11.9 Å². The highest BCUT2D eigenvalue weighted by Gasteiger charge is 2.13. The molecule has 2 rings (SSSR count). The zero-order chi connectivity index (χ0) is 9.10. The topological polar surface area (TPSA) is 40.7 Å². The predicted molar refractivity (Wildman–Crippen MR) is 52.6 cm³/mol. The van der Waals surface area contributed by atoms with E-state index < -0.39 is 0 Å². The molecule has 1 atom stereocenters. The van der Waals surface area contributed by atoms with Gasteiger partial charge in [-0.05, 0) is 45.2 Å². The smallest absolute Gasteiger partial charge is 0.103 e. The van der Waals surface area contributed by atoms with Gasteiger partial charge in [-0.1, -0.05) is 0 Å². The van der Waals surface area contributed by atoms with Gasteiger partial charge in [0.15, 0.2) is 0 Å². The molecule has 1 saturated heterocycles. The number of aromatic amines is 1. The fraction of sp³-hybridized carbons (Fsp3) is 0.700. The highest BCUT2D eigenvalue weighted by Crippen LogP contribution is 2.14. The summed E-state index contributed by atoms with van der Waals surface area (Å²) in [5.74, 6) is 1.83. The maximum atomic E-state index is 4.21. The van der Waals surface area contributed by atoms with Crippen molar-refractivity contribution >= 4 is 0 Å². The minimum atomic E-state index is 0.800. The van der Waals surface area contributed by atoms with Gasteiger partial charge in [0.25, 0.3) is 0 Å². The molecule has 1 aliphatic heterocycles. The minimum Gasteiger partial charge on any atom is -0.346 e. The fourth-order valence-corrected chi connectivity index (χ4v) is 1.98. The maximum Gasteiger partial charge on any atom is 0.103 e. The Kier molecular flexibility index (Phi) is 2.64. The number of rotatable bonds is 2. The third-order valence-corrected chi connectivity index (χ3v) is 2.66. The molecule has 0 bridgehead atoms. The molecule has 72 valence electrons. The van der Waals surface area contributed by atoms with Crippen LogP contribution in [0.2, 0.25) is 0 Å². The van der Waals surface area contributed by atoms with Crippen LogP contribution >= 0.6 is 0 Å². The van der Waals surface area contributed by atoms with Gasteiger partial charge in [-0.25, -0.2) is 4.98 Å². The van der Waals surface area contributed by atoms with E-state index in [0.717, 1.165) is 24.7 Å². The molecule has 1 aliphatic rings. The molecule has 0 aromatic carbocycles. The van der Waals surface area contributed by atoms with Crippen molar-refractivity contribution in [3.63, 3.8) is 0 Å². The van der Waals surface area contributed by atoms with Gasteiger partial charge in [0.2, 0.25) is 0 Å². The lowest BCUT2D eigenvalue weighted by Gasteiger charge is -2.21. The zero-order valence-electron chi connectivity index (χ0n) is 8.14. The first-order chi connectivity index (χ1) is 6.34. The van der Waals surface area contributed by atoms with Gasteiger partial charge >= 0.3 is 0 Å². The molecular formula is C10H17N3. The number of nitrogens with zero attached hydrogens (tertiary/aromatic N) is 1. The summed E-state index contributed by atoms with van der Waals surface area (Å²) in [6.45, 7) is 4.36. The van der Waals surface area contributed by atoms with Crippen molar-refractivity contribution in [2.45, 2.75) is 26.2 Å². The average molecular weight is 179 g/mol. The molecule has 2 N–H and O–H groups in total. The monoisotopic (exact) mass is 179 g/mol. The summed E-state index contributed by atoms with van der Waals surface area (Å²) in [7, 11) is 0. The fourth-order valence-electron chi connectivity index (χ4n) is 1.98. The summed E-state index contributed by atoms with van der Waals surface area (Å²) in [4.78, 5) is 7.49. The van der Waals surface area contributed by atoms with E-state index in [4.69, 9.17) is 0 Å². The van der Waals surface area contributed by atoms with E-state index in [-0.39, 0.29) is 0 Å². The molecule has 1 unspecified atom stereocenters. The first kappa shape index (κ1) is 8.75. The first-order valence-corrected chi connectivity index (χ1v) is 5.06. The molecule has 0 saturated carbocycles. The number of imidazole rings is 1. The van der Waals surface area contributed by atoms with Crippen molar-refractivity contribution in [2.75, 3.05) is 13.1 Å². The van der Waals surface area contributed by atoms with Crippen molar-refractivity contribution in [1.29, 1.82) is 0 Å². The second-order valence-electron chi connectivity index (χ2n) is 3.91. The number of aryl methyl sites for hydroxylation is 1. The van der Waals surface area contributed by atoms with Gasteiger partial charge in [-0.3, -0.25) is 0 Å². The van der Waals surface area contributed by atoms with E-state index >= 15 is 0 Å². The van der Waals surface area contributed by atoms with Crippen LogP contribution < -0.4 is 5.32 Å². The van der Waals surface area contributed by atoms with Gasteiger partial charge in [-0.15, -0.1) is 0 Å². The predicted octanol–water partition coefficient (Wildman–Crippen LogP) is 1.26. The second kappa shape index (κ2) is 3.92. The normalized spacial score (nSPS) is 23.3. The van der Waals surface area contributed by atoms with Crippen LogP contribution in [0.25, 0.3) is 0 Å². The van der Waals surface area contributed by atoms with Crippen LogP contribution in [0, 0.1) is 12.8 Å². The molecule has 0 spiro atoms. The lowest BCUT2D eigenvalue weighted by Crippen LogP contribution is -2.30. The summed E-state index contributed by atoms with van der Waals surface area (Å²) in [6, 6.07) is 0. The van der Waals surface area contributed by atoms with Crippen LogP contribution in [0.5, 0.6) is 0 Å². The molecule has 1 aromatic heterocycles. The van der Waals surface area contributed by atoms with Crippen LogP contribution in [-0.2, 0) is 6.42 Å². The van der Waals surface area contributed by atoms with Crippen molar-refractivity contribution in [3.8, 4) is 0 Å². The van der Waals surface area contributed by atoms with Gasteiger partial charge in [-0.2, -0.15) is 0 Å². The van der Waals surface area contributed by atoms with Crippen LogP contribution in [0.3, 0.4) is 0 Å². The van der Waals surface area contributed by atoms with E-state index in [2.05, 4.69) is 15.3 Å². The van der Waals surface area contributed by atoms with Gasteiger partial charge in [0.1, 0.15) is 5.82 Å². The number of hydrogen-bond acceptors (Lipinski definition) is 2. The Balaban J connectivity index is 1.89. The molecule has 13 heavy (non-hydrogen) atoms. The van der Waals surface area contributed by atoms with Crippen molar-refractivity contribution < 1.29 is 0 Å². The molecule has 0 radical (unpaired) electrons. The number of hydrogen-bond donors (Lipinski definition) is 2. The molecular weight excluding hydrogens is 162 g/mol. The number of nitrogens with one attached hydrogen (secondary N) is 2. The van der Waals surface area contributed by atoms with Crippen molar-refractivity contribution in [3.05, 3.63) is 17.7 Å². The Morgan fingerprint density at radius 1 is 1.62 bits per heavy atom. The summed E-state index contributed by atoms with van der Waals surface area (Å²) >= 11 is 0. The molecule has 0 aliphatic carbocycles. The molecule has 3 nitrogen and oxygen atoms in total. The van der Waals surface area contributed by atoms with E-state index in [1.54, 1.807) is 0 Å². The third kappa shape index (κ3) is 2.31. The number of piperidine rings is 1. The van der Waals surface area contributed by atoms with Gasteiger partial charge < -0.3 is 10.3 Å². The minimum absolute atomic E-state index is 0.800. The van der Waals surface area contributed by atoms with E-state index in [1.807, 2.05) is 13.1 Å². The molecule has 1 fully saturated rings. The Hall–Kier alpha value is -0.830. The van der Waals surface area contributed by atoms with Crippen molar-refractivity contribution in [1.82, 2.24) is 15.3 Å². The highest BCUT2D eigenvalue weighted by molar-refractivity contribution is 5.01. The quantitative estimate of drug-likeness (QED) is 0.717. The summed E-state index contributed by atoms with van der Waals surface area (Å²) in [5, 5.41) is 3.43. The summed E-state index contributed by atoms with van der Waals surface area (Å²) in [5.41, 5.74) is 1.28. The lowest BCUT2D eigenvalue weighted by molar-refractivity contribution is 0.374. The first-order valence-electron chi connectivity index (χ1n) is 5.06. The molecule has 0 amide bonds. The van der Waals surface area contributed by atoms with Gasteiger partial charge in [0.05, 0.1) is 0 Å². The Morgan fingerprint density at radius 2 is 2.54 bits per heavy atom. The largest absolute Gasteiger partial charge is 0.346 e. The van der Waals surface area contributed by atoms with Crippen molar-refractivity contribution in [2.24, 2.45) is 5.92 Å².